The van der Waals surface area contributed by atoms with Crippen molar-refractivity contribution in [3.8, 4) is 17.0 Å². The number of halogens is 1. The van der Waals surface area contributed by atoms with E-state index in [1.165, 1.54) is 0 Å². The standard InChI is InChI=1S/C20H22ClN5O/c1-4-13(2)23-20-25-16(14-6-5-9-22-12-14)11-19(26-20)24-17-10-15(21)7-8-18(17)27-3/h5-13H,4H2,1-3H3,(H2,23,24,25,26)/t13-/m0/s1. The van der Waals surface area contributed by atoms with Crippen LogP contribution in [-0.2, 0) is 0 Å². The second kappa shape index (κ2) is 8.68. The van der Waals surface area contributed by atoms with Crippen molar-refractivity contribution in [2.45, 2.75) is 26.3 Å². The maximum Gasteiger partial charge on any atom is 0.225 e. The van der Waals surface area contributed by atoms with Crippen LogP contribution in [0.4, 0.5) is 17.5 Å². The molecule has 0 spiro atoms. The zero-order valence-electron chi connectivity index (χ0n) is 15.5. The van der Waals surface area contributed by atoms with Gasteiger partial charge in [0.2, 0.25) is 5.95 Å². The molecule has 0 radical (unpaired) electrons. The van der Waals surface area contributed by atoms with Crippen LogP contribution >= 0.6 is 11.6 Å². The fourth-order valence-electron chi connectivity index (χ4n) is 2.48. The van der Waals surface area contributed by atoms with Crippen molar-refractivity contribution >= 4 is 29.1 Å². The van der Waals surface area contributed by atoms with E-state index in [2.05, 4.69) is 39.4 Å². The van der Waals surface area contributed by atoms with E-state index in [0.29, 0.717) is 22.5 Å². The van der Waals surface area contributed by atoms with Gasteiger partial charge < -0.3 is 15.4 Å². The minimum absolute atomic E-state index is 0.253. The Morgan fingerprint density at radius 3 is 2.74 bits per heavy atom. The summed E-state index contributed by atoms with van der Waals surface area (Å²) >= 11 is 6.14. The van der Waals surface area contributed by atoms with Crippen LogP contribution in [0.2, 0.25) is 5.02 Å². The second-order valence-electron chi connectivity index (χ2n) is 6.13. The third-order valence-corrected chi connectivity index (χ3v) is 4.33. The van der Waals surface area contributed by atoms with E-state index in [-0.39, 0.29) is 6.04 Å². The lowest BCUT2D eigenvalue weighted by atomic mass is 10.2. The molecule has 140 valence electrons. The number of anilines is 3. The molecule has 2 heterocycles. The molecule has 0 aliphatic carbocycles. The molecule has 0 amide bonds. The van der Waals surface area contributed by atoms with Gasteiger partial charge >= 0.3 is 0 Å². The van der Waals surface area contributed by atoms with Crippen LogP contribution in [0.25, 0.3) is 11.3 Å². The summed E-state index contributed by atoms with van der Waals surface area (Å²) in [7, 11) is 1.62. The minimum Gasteiger partial charge on any atom is -0.495 e. The van der Waals surface area contributed by atoms with Crippen LogP contribution < -0.4 is 15.4 Å². The van der Waals surface area contributed by atoms with Crippen LogP contribution in [-0.4, -0.2) is 28.1 Å². The molecule has 6 nitrogen and oxygen atoms in total. The summed E-state index contributed by atoms with van der Waals surface area (Å²) in [4.78, 5) is 13.4. The molecule has 0 saturated heterocycles. The van der Waals surface area contributed by atoms with Gasteiger partial charge in [-0.15, -0.1) is 0 Å². The Kier molecular flexibility index (Phi) is 6.08. The fourth-order valence-corrected chi connectivity index (χ4v) is 2.65. The molecule has 0 bridgehead atoms. The Bertz CT molecular complexity index is 904. The van der Waals surface area contributed by atoms with E-state index in [1.54, 1.807) is 31.6 Å². The molecule has 1 atom stereocenters. The number of methoxy groups -OCH3 is 1. The molecule has 2 N–H and O–H groups in total. The normalized spacial score (nSPS) is 11.7. The molecule has 0 saturated carbocycles. The zero-order chi connectivity index (χ0) is 19.2. The predicted octanol–water partition coefficient (Wildman–Crippen LogP) is 5.15. The summed E-state index contributed by atoms with van der Waals surface area (Å²) in [5.41, 5.74) is 2.41. The maximum absolute atomic E-state index is 6.14. The summed E-state index contributed by atoms with van der Waals surface area (Å²) < 4.78 is 5.41. The summed E-state index contributed by atoms with van der Waals surface area (Å²) in [5, 5.41) is 7.22. The monoisotopic (exact) mass is 383 g/mol. The average Bonchev–Trinajstić information content (AvgIpc) is 2.68. The number of pyridine rings is 1. The first-order valence-electron chi connectivity index (χ1n) is 8.75. The number of hydrogen-bond donors (Lipinski definition) is 2. The molecular weight excluding hydrogens is 362 g/mol. The number of ether oxygens (including phenoxy) is 1. The highest BCUT2D eigenvalue weighted by molar-refractivity contribution is 6.31. The van der Waals surface area contributed by atoms with Crippen molar-refractivity contribution in [1.29, 1.82) is 0 Å². The van der Waals surface area contributed by atoms with Gasteiger partial charge in [-0.05, 0) is 43.7 Å². The Labute approximate surface area is 164 Å². The van der Waals surface area contributed by atoms with Gasteiger partial charge in [0.05, 0.1) is 18.5 Å². The second-order valence-corrected chi connectivity index (χ2v) is 6.56. The van der Waals surface area contributed by atoms with Crippen LogP contribution in [0.3, 0.4) is 0 Å². The lowest BCUT2D eigenvalue weighted by Gasteiger charge is -2.15. The average molecular weight is 384 g/mol. The third-order valence-electron chi connectivity index (χ3n) is 4.10. The van der Waals surface area contributed by atoms with Crippen molar-refractivity contribution in [3.63, 3.8) is 0 Å². The maximum atomic E-state index is 6.14. The van der Waals surface area contributed by atoms with Gasteiger partial charge in [-0.2, -0.15) is 4.98 Å². The highest BCUT2D eigenvalue weighted by Gasteiger charge is 2.11. The van der Waals surface area contributed by atoms with Gasteiger partial charge in [0.1, 0.15) is 11.6 Å². The Morgan fingerprint density at radius 2 is 2.04 bits per heavy atom. The van der Waals surface area contributed by atoms with E-state index < -0.39 is 0 Å². The largest absolute Gasteiger partial charge is 0.495 e. The van der Waals surface area contributed by atoms with Crippen LogP contribution in [0.15, 0.2) is 48.8 Å². The highest BCUT2D eigenvalue weighted by atomic mass is 35.5. The van der Waals surface area contributed by atoms with Crippen molar-refractivity contribution < 1.29 is 4.74 Å². The molecule has 2 aromatic heterocycles. The van der Waals surface area contributed by atoms with Gasteiger partial charge in [-0.1, -0.05) is 18.5 Å². The van der Waals surface area contributed by atoms with E-state index in [9.17, 15) is 0 Å². The van der Waals surface area contributed by atoms with E-state index in [4.69, 9.17) is 16.3 Å². The molecule has 7 heteroatoms. The molecular formula is C20H22ClN5O. The van der Waals surface area contributed by atoms with Crippen molar-refractivity contribution in [2.24, 2.45) is 0 Å². The van der Waals surface area contributed by atoms with Gasteiger partial charge in [-0.3, -0.25) is 4.98 Å². The lowest BCUT2D eigenvalue weighted by Crippen LogP contribution is -2.16. The topological polar surface area (TPSA) is 72.0 Å². The molecule has 3 aromatic rings. The third kappa shape index (κ3) is 4.86. The first-order valence-corrected chi connectivity index (χ1v) is 9.13. The number of rotatable bonds is 7. The van der Waals surface area contributed by atoms with Gasteiger partial charge in [0.15, 0.2) is 0 Å². The summed E-state index contributed by atoms with van der Waals surface area (Å²) in [6.45, 7) is 4.20. The summed E-state index contributed by atoms with van der Waals surface area (Å²) in [6, 6.07) is 11.4. The van der Waals surface area contributed by atoms with Crippen LogP contribution in [0, 0.1) is 0 Å². The summed E-state index contributed by atoms with van der Waals surface area (Å²) in [5.74, 6) is 1.86. The first-order chi connectivity index (χ1) is 13.1. The molecule has 3 rings (SSSR count). The van der Waals surface area contributed by atoms with Crippen LogP contribution in [0.1, 0.15) is 20.3 Å². The smallest absolute Gasteiger partial charge is 0.225 e. The SMILES string of the molecule is CC[C@H](C)Nc1nc(Nc2cc(Cl)ccc2OC)cc(-c2cccnc2)n1. The van der Waals surface area contributed by atoms with Gasteiger partial charge in [-0.25, -0.2) is 4.98 Å². The number of nitrogens with zero attached hydrogens (tertiary/aromatic N) is 3. The molecule has 1 aromatic carbocycles. The number of benzene rings is 1. The first kappa shape index (κ1) is 18.9. The molecule has 0 aliphatic rings. The quantitative estimate of drug-likeness (QED) is 0.587. The molecule has 0 fully saturated rings. The zero-order valence-corrected chi connectivity index (χ0v) is 16.3. The Morgan fingerprint density at radius 1 is 1.19 bits per heavy atom. The summed E-state index contributed by atoms with van der Waals surface area (Å²) in [6.07, 6.45) is 4.48. The van der Waals surface area contributed by atoms with Crippen molar-refractivity contribution in [1.82, 2.24) is 15.0 Å². The molecule has 0 aliphatic heterocycles. The van der Waals surface area contributed by atoms with Gasteiger partial charge in [0.25, 0.3) is 0 Å². The molecule has 0 unspecified atom stereocenters. The Hall–Kier alpha value is -2.86. The van der Waals surface area contributed by atoms with E-state index in [0.717, 1.165) is 23.4 Å². The van der Waals surface area contributed by atoms with E-state index in [1.807, 2.05) is 24.3 Å². The lowest BCUT2D eigenvalue weighted by molar-refractivity contribution is 0.417. The van der Waals surface area contributed by atoms with Crippen LogP contribution in [0.5, 0.6) is 5.75 Å². The van der Waals surface area contributed by atoms with Crippen molar-refractivity contribution in [2.75, 3.05) is 17.7 Å². The predicted molar refractivity (Wildman–Crippen MR) is 110 cm³/mol. The minimum atomic E-state index is 0.253. The van der Waals surface area contributed by atoms with Crippen molar-refractivity contribution in [3.05, 3.63) is 53.8 Å². The van der Waals surface area contributed by atoms with Gasteiger partial charge in [0, 0.05) is 35.1 Å². The number of aromatic nitrogens is 3. The number of hydrogen-bond acceptors (Lipinski definition) is 6. The fraction of sp³-hybridized carbons (Fsp3) is 0.250. The molecule has 27 heavy (non-hydrogen) atoms. The highest BCUT2D eigenvalue weighted by Crippen LogP contribution is 2.31. The Balaban J connectivity index is 2.01. The van der Waals surface area contributed by atoms with E-state index >= 15 is 0 Å². The number of nitrogens with one attached hydrogen (secondary N) is 2.